The van der Waals surface area contributed by atoms with Gasteiger partial charge in [-0.1, -0.05) is 6.07 Å². The summed E-state index contributed by atoms with van der Waals surface area (Å²) in [6.45, 7) is 5.98. The highest BCUT2D eigenvalue weighted by Gasteiger charge is 2.12. The lowest BCUT2D eigenvalue weighted by molar-refractivity contribution is 0.473. The van der Waals surface area contributed by atoms with Crippen molar-refractivity contribution in [2.75, 3.05) is 0 Å². The van der Waals surface area contributed by atoms with E-state index in [0.29, 0.717) is 5.88 Å². The van der Waals surface area contributed by atoms with E-state index < -0.39 is 0 Å². The van der Waals surface area contributed by atoms with E-state index in [2.05, 4.69) is 5.10 Å². The maximum atomic E-state index is 5.91. The number of ether oxygens (including phenoxy) is 1. The topological polar surface area (TPSA) is 27.1 Å². The van der Waals surface area contributed by atoms with Crippen LogP contribution in [0.2, 0.25) is 0 Å². The van der Waals surface area contributed by atoms with Crippen LogP contribution in [0.5, 0.6) is 11.5 Å². The first-order valence-corrected chi connectivity index (χ1v) is 6.40. The molecule has 0 N–H and O–H groups in total. The van der Waals surface area contributed by atoms with Crippen LogP contribution < -0.4 is 4.74 Å². The molecule has 0 aliphatic heterocycles. The zero-order valence-corrected chi connectivity index (χ0v) is 11.9. The Bertz CT molecular complexity index is 575. The lowest BCUT2D eigenvalue weighted by Crippen LogP contribution is -1.93. The monoisotopic (exact) mass is 264 g/mol. The van der Waals surface area contributed by atoms with Crippen molar-refractivity contribution in [1.29, 1.82) is 0 Å². The van der Waals surface area contributed by atoms with E-state index in [1.54, 1.807) is 0 Å². The van der Waals surface area contributed by atoms with Gasteiger partial charge in [0.1, 0.15) is 11.4 Å². The molecule has 4 heteroatoms. The molecule has 0 unspecified atom stereocenters. The van der Waals surface area contributed by atoms with Gasteiger partial charge in [-0.25, -0.2) is 0 Å². The minimum atomic E-state index is 0.525. The van der Waals surface area contributed by atoms with Crippen molar-refractivity contribution in [3.05, 3.63) is 40.7 Å². The van der Waals surface area contributed by atoms with Crippen LogP contribution in [0.1, 0.15) is 22.5 Å². The summed E-state index contributed by atoms with van der Waals surface area (Å²) in [5, 5.41) is 4.33. The Labute approximate surface area is 112 Å². The number of halogens is 1. The fraction of sp³-hybridized carbons (Fsp3) is 0.357. The highest BCUT2D eigenvalue weighted by atomic mass is 35.5. The molecular formula is C14H17ClN2O. The molecule has 3 nitrogen and oxygen atoms in total. The summed E-state index contributed by atoms with van der Waals surface area (Å²) in [6, 6.07) is 5.94. The molecule has 0 fully saturated rings. The van der Waals surface area contributed by atoms with Crippen LogP contribution in [0.15, 0.2) is 18.2 Å². The summed E-state index contributed by atoms with van der Waals surface area (Å²) < 4.78 is 7.74. The molecule has 0 spiro atoms. The molecule has 96 valence electrons. The number of rotatable bonds is 3. The second-order valence-electron chi connectivity index (χ2n) is 4.45. The standard InChI is InChI=1S/C14H17ClN2O/c1-9-7-13(6-5-12(9)8-15)18-14-10(2)16-17(4)11(14)3/h5-7H,8H2,1-4H3. The Kier molecular flexibility index (Phi) is 3.62. The number of hydrogen-bond acceptors (Lipinski definition) is 2. The van der Waals surface area contributed by atoms with Gasteiger partial charge in [-0.2, -0.15) is 5.10 Å². The first-order chi connectivity index (χ1) is 8.52. The van der Waals surface area contributed by atoms with Gasteiger partial charge in [0.05, 0.1) is 5.69 Å². The molecule has 0 aliphatic rings. The van der Waals surface area contributed by atoms with Crippen LogP contribution in [-0.2, 0) is 12.9 Å². The number of aryl methyl sites for hydroxylation is 3. The summed E-state index contributed by atoms with van der Waals surface area (Å²) in [5.41, 5.74) is 4.19. The number of hydrogen-bond donors (Lipinski definition) is 0. The van der Waals surface area contributed by atoms with Crippen LogP contribution >= 0.6 is 11.6 Å². The Morgan fingerprint density at radius 2 is 2.00 bits per heavy atom. The second-order valence-corrected chi connectivity index (χ2v) is 4.71. The van der Waals surface area contributed by atoms with Gasteiger partial charge >= 0.3 is 0 Å². The van der Waals surface area contributed by atoms with E-state index in [0.717, 1.165) is 34.0 Å². The Morgan fingerprint density at radius 3 is 2.50 bits per heavy atom. The molecule has 0 saturated heterocycles. The van der Waals surface area contributed by atoms with E-state index >= 15 is 0 Å². The van der Waals surface area contributed by atoms with Gasteiger partial charge in [-0.05, 0) is 44.0 Å². The molecule has 0 radical (unpaired) electrons. The minimum Gasteiger partial charge on any atom is -0.453 e. The smallest absolute Gasteiger partial charge is 0.171 e. The van der Waals surface area contributed by atoms with Crippen LogP contribution in [0, 0.1) is 20.8 Å². The molecule has 0 atom stereocenters. The fourth-order valence-corrected chi connectivity index (χ4v) is 2.20. The lowest BCUT2D eigenvalue weighted by atomic mass is 10.1. The average molecular weight is 265 g/mol. The first kappa shape index (κ1) is 13.0. The third kappa shape index (κ3) is 2.36. The van der Waals surface area contributed by atoms with Gasteiger partial charge in [0, 0.05) is 12.9 Å². The minimum absolute atomic E-state index is 0.525. The maximum absolute atomic E-state index is 5.91. The van der Waals surface area contributed by atoms with Gasteiger partial charge in [0.25, 0.3) is 0 Å². The van der Waals surface area contributed by atoms with Crippen LogP contribution in [0.4, 0.5) is 0 Å². The highest BCUT2D eigenvalue weighted by molar-refractivity contribution is 6.17. The molecule has 0 saturated carbocycles. The molecule has 1 aromatic carbocycles. The molecule has 0 aliphatic carbocycles. The fourth-order valence-electron chi connectivity index (χ4n) is 1.90. The van der Waals surface area contributed by atoms with Crippen molar-refractivity contribution in [3.63, 3.8) is 0 Å². The van der Waals surface area contributed by atoms with Crippen LogP contribution in [0.3, 0.4) is 0 Å². The largest absolute Gasteiger partial charge is 0.453 e. The van der Waals surface area contributed by atoms with E-state index in [4.69, 9.17) is 16.3 Å². The molecule has 1 heterocycles. The quantitative estimate of drug-likeness (QED) is 0.787. The molecule has 0 amide bonds. The molecule has 2 aromatic rings. The van der Waals surface area contributed by atoms with E-state index in [1.807, 2.05) is 50.7 Å². The number of alkyl halides is 1. The number of nitrogens with zero attached hydrogens (tertiary/aromatic N) is 2. The highest BCUT2D eigenvalue weighted by Crippen LogP contribution is 2.29. The average Bonchev–Trinajstić information content (AvgIpc) is 2.56. The molecule has 1 aromatic heterocycles. The predicted octanol–water partition coefficient (Wildman–Crippen LogP) is 3.88. The van der Waals surface area contributed by atoms with Crippen molar-refractivity contribution in [3.8, 4) is 11.5 Å². The second kappa shape index (κ2) is 5.02. The third-order valence-electron chi connectivity index (χ3n) is 3.12. The zero-order chi connectivity index (χ0) is 13.3. The van der Waals surface area contributed by atoms with Gasteiger partial charge in [-0.3, -0.25) is 4.68 Å². The van der Waals surface area contributed by atoms with Crippen molar-refractivity contribution < 1.29 is 4.74 Å². The van der Waals surface area contributed by atoms with Crippen LogP contribution in [-0.4, -0.2) is 9.78 Å². The van der Waals surface area contributed by atoms with E-state index in [1.165, 1.54) is 0 Å². The number of aromatic nitrogens is 2. The molecular weight excluding hydrogens is 248 g/mol. The van der Waals surface area contributed by atoms with Crippen molar-refractivity contribution in [2.24, 2.45) is 7.05 Å². The Morgan fingerprint density at radius 1 is 1.28 bits per heavy atom. The van der Waals surface area contributed by atoms with Crippen molar-refractivity contribution >= 4 is 11.6 Å². The summed E-state index contributed by atoms with van der Waals surface area (Å²) in [4.78, 5) is 0. The van der Waals surface area contributed by atoms with Gasteiger partial charge in [0.15, 0.2) is 5.75 Å². The third-order valence-corrected chi connectivity index (χ3v) is 3.41. The van der Waals surface area contributed by atoms with Gasteiger partial charge in [-0.15, -0.1) is 11.6 Å². The SMILES string of the molecule is Cc1cc(Oc2c(C)nn(C)c2C)ccc1CCl. The maximum Gasteiger partial charge on any atom is 0.171 e. The van der Waals surface area contributed by atoms with Crippen LogP contribution in [0.25, 0.3) is 0 Å². The number of benzene rings is 1. The Balaban J connectivity index is 2.31. The molecule has 0 bridgehead atoms. The zero-order valence-electron chi connectivity index (χ0n) is 11.1. The Hall–Kier alpha value is -1.48. The first-order valence-electron chi connectivity index (χ1n) is 5.86. The van der Waals surface area contributed by atoms with Crippen molar-refractivity contribution in [1.82, 2.24) is 9.78 Å². The predicted molar refractivity (Wildman–Crippen MR) is 73.5 cm³/mol. The summed E-state index contributed by atoms with van der Waals surface area (Å²) in [6.07, 6.45) is 0. The molecule has 2 rings (SSSR count). The van der Waals surface area contributed by atoms with Gasteiger partial charge in [0.2, 0.25) is 0 Å². The summed E-state index contributed by atoms with van der Waals surface area (Å²) in [5.74, 6) is 2.17. The lowest BCUT2D eigenvalue weighted by Gasteiger charge is -2.08. The van der Waals surface area contributed by atoms with E-state index in [-0.39, 0.29) is 0 Å². The molecule has 18 heavy (non-hydrogen) atoms. The van der Waals surface area contributed by atoms with Gasteiger partial charge < -0.3 is 4.74 Å². The van der Waals surface area contributed by atoms with E-state index in [9.17, 15) is 0 Å². The summed E-state index contributed by atoms with van der Waals surface area (Å²) in [7, 11) is 1.91. The van der Waals surface area contributed by atoms with Crippen molar-refractivity contribution in [2.45, 2.75) is 26.7 Å². The normalized spacial score (nSPS) is 10.7. The summed E-state index contributed by atoms with van der Waals surface area (Å²) >= 11 is 5.84.